The number of aliphatic hydroxyl groups is 2. The molecule has 3 nitrogen and oxygen atoms in total. The Bertz CT molecular complexity index is 1080. The standard InChI is InChI=1S/C14H16F14O.C7H9F7O.C6H7F7O/c15-7(13(25,26)9(17)18)11(21,22)3-1-5-29-6-2-4-12(23,24)8(16)14(27,28)10(19)20;8-4(7(13,14)5(9)10)6(11,12)2-1-3-15;7-3-5(10,11)6(12,13)4(8,9)1-2-14/h7-10H,1-6H2;4-5,15H,1-3H2;14H,1-3H2. The summed E-state index contributed by atoms with van der Waals surface area (Å²) in [5, 5.41) is 16.1. The number of hydrogen-bond donors (Lipinski definition) is 2. The van der Waals surface area contributed by atoms with Gasteiger partial charge in [-0.2, -0.15) is 52.7 Å². The zero-order valence-corrected chi connectivity index (χ0v) is 28.3. The van der Waals surface area contributed by atoms with Crippen LogP contribution in [0.2, 0.25) is 0 Å². The first-order chi connectivity index (χ1) is 25.7. The molecule has 31 heteroatoms. The first-order valence-electron chi connectivity index (χ1n) is 15.2. The Balaban J connectivity index is -0.000000873. The van der Waals surface area contributed by atoms with E-state index in [1.807, 2.05) is 0 Å². The third kappa shape index (κ3) is 17.1. The van der Waals surface area contributed by atoms with Crippen LogP contribution in [-0.2, 0) is 4.74 Å². The number of rotatable bonds is 25. The van der Waals surface area contributed by atoms with E-state index in [9.17, 15) is 123 Å². The summed E-state index contributed by atoms with van der Waals surface area (Å²) in [6.07, 6.45) is -36.1. The highest BCUT2D eigenvalue weighted by molar-refractivity contribution is 4.96. The van der Waals surface area contributed by atoms with E-state index in [0.29, 0.717) is 0 Å². The Morgan fingerprint density at radius 3 is 0.879 bits per heavy atom. The van der Waals surface area contributed by atoms with Crippen LogP contribution in [0.25, 0.3) is 0 Å². The van der Waals surface area contributed by atoms with Crippen LogP contribution in [0, 0.1) is 0 Å². The lowest BCUT2D eigenvalue weighted by atomic mass is 10.0. The van der Waals surface area contributed by atoms with E-state index < -0.39 is 169 Å². The highest BCUT2D eigenvalue weighted by Gasteiger charge is 2.71. The lowest BCUT2D eigenvalue weighted by molar-refractivity contribution is -0.314. The minimum absolute atomic E-state index is 0.646. The average Bonchev–Trinajstić information content (AvgIpc) is 3.09. The van der Waals surface area contributed by atoms with Crippen molar-refractivity contribution in [3.63, 3.8) is 0 Å². The van der Waals surface area contributed by atoms with E-state index in [1.54, 1.807) is 0 Å². The summed E-state index contributed by atoms with van der Waals surface area (Å²) in [6, 6.07) is 0. The summed E-state index contributed by atoms with van der Waals surface area (Å²) in [7, 11) is 0. The first-order valence-corrected chi connectivity index (χ1v) is 15.2. The Morgan fingerprint density at radius 2 is 0.655 bits per heavy atom. The van der Waals surface area contributed by atoms with Gasteiger partial charge in [-0.3, -0.25) is 0 Å². The van der Waals surface area contributed by atoms with Crippen LogP contribution >= 0.6 is 0 Å². The Labute approximate surface area is 308 Å². The van der Waals surface area contributed by atoms with Gasteiger partial charge in [-0.15, -0.1) is 0 Å². The molecule has 0 spiro atoms. The second kappa shape index (κ2) is 23.2. The maximum Gasteiger partial charge on any atom is 0.374 e. The molecule has 0 radical (unpaired) electrons. The van der Waals surface area contributed by atoms with Crippen molar-refractivity contribution >= 4 is 0 Å². The van der Waals surface area contributed by atoms with Crippen molar-refractivity contribution in [1.29, 1.82) is 0 Å². The second-order valence-electron chi connectivity index (χ2n) is 11.5. The summed E-state index contributed by atoms with van der Waals surface area (Å²) < 4.78 is 351. The lowest BCUT2D eigenvalue weighted by Gasteiger charge is -2.30. The third-order valence-electron chi connectivity index (χ3n) is 6.78. The zero-order chi connectivity index (χ0) is 47.2. The number of alkyl halides is 28. The molecular weight excluding hydrogens is 904 g/mol. The topological polar surface area (TPSA) is 49.7 Å². The molecule has 0 amide bonds. The molecule has 0 aromatic heterocycles. The van der Waals surface area contributed by atoms with E-state index in [-0.39, 0.29) is 0 Å². The van der Waals surface area contributed by atoms with E-state index >= 15 is 0 Å². The highest BCUT2D eigenvalue weighted by Crippen LogP contribution is 2.47. The number of ether oxygens (including phenoxy) is 1. The quantitative estimate of drug-likeness (QED) is 0.0708. The fourth-order valence-corrected chi connectivity index (χ4v) is 3.44. The molecule has 0 fully saturated rings. The molecule has 0 saturated carbocycles. The molecule has 0 aromatic carbocycles. The van der Waals surface area contributed by atoms with E-state index in [4.69, 9.17) is 10.2 Å². The monoisotopic (exact) mass is 936 g/mol. The molecule has 0 aromatic rings. The molecule has 3 atom stereocenters. The van der Waals surface area contributed by atoms with Crippen LogP contribution in [0.4, 0.5) is 123 Å². The number of aliphatic hydroxyl groups excluding tert-OH is 2. The van der Waals surface area contributed by atoms with Gasteiger partial charge in [-0.05, 0) is 19.3 Å². The Hall–Kier alpha value is -2.08. The minimum atomic E-state index is -5.81. The number of hydrogen-bond acceptors (Lipinski definition) is 3. The largest absolute Gasteiger partial charge is 0.396 e. The average molecular weight is 936 g/mol. The van der Waals surface area contributed by atoms with Crippen LogP contribution < -0.4 is 0 Å². The molecule has 0 bridgehead atoms. The van der Waals surface area contributed by atoms with Gasteiger partial charge in [0.15, 0.2) is 6.67 Å². The maximum atomic E-state index is 13.2. The second-order valence-corrected chi connectivity index (χ2v) is 11.5. The van der Waals surface area contributed by atoms with Crippen molar-refractivity contribution in [2.24, 2.45) is 0 Å². The van der Waals surface area contributed by atoms with Crippen LogP contribution in [0.1, 0.15) is 44.9 Å². The van der Waals surface area contributed by atoms with Crippen LogP contribution in [0.3, 0.4) is 0 Å². The van der Waals surface area contributed by atoms with Gasteiger partial charge in [-0.25, -0.2) is 70.2 Å². The summed E-state index contributed by atoms with van der Waals surface area (Å²) in [5.41, 5.74) is 0. The first kappa shape index (κ1) is 60.2. The molecule has 58 heavy (non-hydrogen) atoms. The normalized spacial score (nSPS) is 15.9. The predicted octanol–water partition coefficient (Wildman–Crippen LogP) is 11.2. The van der Waals surface area contributed by atoms with E-state index in [1.165, 1.54) is 0 Å². The SMILES string of the molecule is FC(F)C(F)(F)C(F)C(F)(F)CCCOCCCC(F)(F)C(F)C(F)(F)C(F)F.OCCC(F)(F)C(F)(F)C(F)(F)CF.OCCCC(F)(F)C(F)C(F)(F)C(F)F. The third-order valence-corrected chi connectivity index (χ3v) is 6.78. The lowest BCUT2D eigenvalue weighted by Crippen LogP contribution is -2.55. The fourth-order valence-electron chi connectivity index (χ4n) is 3.44. The Morgan fingerprint density at radius 1 is 0.379 bits per heavy atom. The van der Waals surface area contributed by atoms with Gasteiger partial charge in [0.25, 0.3) is 17.8 Å². The summed E-state index contributed by atoms with van der Waals surface area (Å²) in [5.74, 6) is -47.3. The van der Waals surface area contributed by atoms with Gasteiger partial charge >= 0.3 is 54.8 Å². The van der Waals surface area contributed by atoms with Gasteiger partial charge in [0.05, 0.1) is 0 Å². The summed E-state index contributed by atoms with van der Waals surface area (Å²) in [6.45, 7) is -6.60. The fraction of sp³-hybridized carbons (Fsp3) is 1.00. The maximum absolute atomic E-state index is 13.2. The van der Waals surface area contributed by atoms with E-state index in [2.05, 4.69) is 4.74 Å². The van der Waals surface area contributed by atoms with Crippen molar-refractivity contribution in [3.05, 3.63) is 0 Å². The van der Waals surface area contributed by atoms with E-state index in [0.717, 1.165) is 0 Å². The van der Waals surface area contributed by atoms with Gasteiger partial charge < -0.3 is 14.9 Å². The highest BCUT2D eigenvalue weighted by atomic mass is 19.4. The summed E-state index contributed by atoms with van der Waals surface area (Å²) >= 11 is 0. The molecule has 354 valence electrons. The van der Waals surface area contributed by atoms with Gasteiger partial charge in [-0.1, -0.05) is 0 Å². The molecule has 2 N–H and O–H groups in total. The molecule has 0 rings (SSSR count). The molecular formula is C27H32F28O3. The summed E-state index contributed by atoms with van der Waals surface area (Å²) in [4.78, 5) is 0. The zero-order valence-electron chi connectivity index (χ0n) is 28.3. The van der Waals surface area contributed by atoms with Crippen LogP contribution in [0.15, 0.2) is 0 Å². The van der Waals surface area contributed by atoms with Crippen molar-refractivity contribution in [2.75, 3.05) is 33.1 Å². The van der Waals surface area contributed by atoms with Crippen LogP contribution in [-0.4, -0.2) is 134 Å². The number of halogens is 28. The van der Waals surface area contributed by atoms with Crippen molar-refractivity contribution in [1.82, 2.24) is 0 Å². The van der Waals surface area contributed by atoms with Gasteiger partial charge in [0.1, 0.15) is 0 Å². The molecule has 3 unspecified atom stereocenters. The molecule has 0 aliphatic carbocycles. The molecule has 0 aliphatic rings. The van der Waals surface area contributed by atoms with Crippen molar-refractivity contribution < 1.29 is 138 Å². The molecule has 0 saturated heterocycles. The van der Waals surface area contributed by atoms with Gasteiger partial charge in [0, 0.05) is 52.1 Å². The van der Waals surface area contributed by atoms with Gasteiger partial charge in [0.2, 0.25) is 18.5 Å². The smallest absolute Gasteiger partial charge is 0.374 e. The minimum Gasteiger partial charge on any atom is -0.396 e. The van der Waals surface area contributed by atoms with Crippen molar-refractivity contribution in [3.8, 4) is 0 Å². The Kier molecular flexibility index (Phi) is 24.1. The van der Waals surface area contributed by atoms with Crippen LogP contribution in [0.5, 0.6) is 0 Å². The van der Waals surface area contributed by atoms with Crippen molar-refractivity contribution in [2.45, 2.75) is 136 Å². The predicted molar refractivity (Wildman–Crippen MR) is 141 cm³/mol. The molecule has 0 aliphatic heterocycles. The molecule has 0 heterocycles.